The monoisotopic (exact) mass is 487 g/mol. The van der Waals surface area contributed by atoms with Gasteiger partial charge >= 0.3 is 0 Å². The van der Waals surface area contributed by atoms with Gasteiger partial charge in [-0.15, -0.1) is 0 Å². The minimum atomic E-state index is -4.00. The van der Waals surface area contributed by atoms with Gasteiger partial charge in [0, 0.05) is 19.0 Å². The van der Waals surface area contributed by atoms with Crippen LogP contribution in [0.1, 0.15) is 18.4 Å². The Bertz CT molecular complexity index is 1330. The quantitative estimate of drug-likeness (QED) is 0.541. The molecule has 0 spiro atoms. The van der Waals surface area contributed by atoms with Crippen LogP contribution in [0.5, 0.6) is 0 Å². The van der Waals surface area contributed by atoms with Gasteiger partial charge in [0.15, 0.2) is 11.6 Å². The third-order valence-corrected chi connectivity index (χ3v) is 7.80. The van der Waals surface area contributed by atoms with Crippen molar-refractivity contribution in [3.05, 3.63) is 77.9 Å². The molecule has 2 N–H and O–H groups in total. The lowest BCUT2D eigenvalue weighted by molar-refractivity contribution is -0.131. The van der Waals surface area contributed by atoms with Crippen LogP contribution in [0.4, 0.5) is 8.78 Å². The minimum Gasteiger partial charge on any atom is -0.273 e. The molecule has 1 aliphatic rings. The van der Waals surface area contributed by atoms with Crippen LogP contribution in [0.25, 0.3) is 10.8 Å². The van der Waals surface area contributed by atoms with E-state index < -0.39 is 33.5 Å². The van der Waals surface area contributed by atoms with Crippen LogP contribution in [0.2, 0.25) is 0 Å². The Kier molecular flexibility index (Phi) is 6.90. The van der Waals surface area contributed by atoms with E-state index in [9.17, 15) is 26.8 Å². The van der Waals surface area contributed by atoms with Crippen molar-refractivity contribution in [2.75, 3.05) is 13.1 Å². The van der Waals surface area contributed by atoms with Gasteiger partial charge in [0.05, 0.1) is 11.3 Å². The van der Waals surface area contributed by atoms with Crippen LogP contribution in [-0.2, 0) is 26.0 Å². The van der Waals surface area contributed by atoms with Crippen molar-refractivity contribution in [2.45, 2.75) is 24.2 Å². The molecule has 2 amide bonds. The van der Waals surface area contributed by atoms with Crippen LogP contribution >= 0.6 is 0 Å². The van der Waals surface area contributed by atoms with Crippen LogP contribution in [0.15, 0.2) is 65.6 Å². The van der Waals surface area contributed by atoms with Gasteiger partial charge in [-0.05, 0) is 47.4 Å². The van der Waals surface area contributed by atoms with Crippen LogP contribution in [0.3, 0.4) is 0 Å². The molecule has 0 aromatic heterocycles. The number of rotatable bonds is 5. The van der Waals surface area contributed by atoms with E-state index in [-0.39, 0.29) is 43.2 Å². The first-order chi connectivity index (χ1) is 16.3. The lowest BCUT2D eigenvalue weighted by atomic mass is 9.97. The van der Waals surface area contributed by atoms with Crippen molar-refractivity contribution in [1.29, 1.82) is 0 Å². The maximum Gasteiger partial charge on any atom is 0.243 e. The molecule has 0 bridgehead atoms. The average molecular weight is 488 g/mol. The fraction of sp³-hybridized carbons (Fsp3) is 0.250. The summed E-state index contributed by atoms with van der Waals surface area (Å²) in [6.45, 7) is 0.0900. The molecule has 10 heteroatoms. The van der Waals surface area contributed by atoms with Gasteiger partial charge in [-0.1, -0.05) is 42.5 Å². The molecule has 1 aliphatic heterocycles. The summed E-state index contributed by atoms with van der Waals surface area (Å²) in [4.78, 5) is 24.5. The van der Waals surface area contributed by atoms with E-state index in [1.165, 1.54) is 0 Å². The van der Waals surface area contributed by atoms with E-state index in [0.29, 0.717) is 6.07 Å². The summed E-state index contributed by atoms with van der Waals surface area (Å²) in [5.41, 5.74) is 5.68. The first-order valence-electron chi connectivity index (χ1n) is 10.8. The number of halogens is 2. The molecule has 7 nitrogen and oxygen atoms in total. The maximum absolute atomic E-state index is 13.5. The van der Waals surface area contributed by atoms with E-state index in [1.54, 1.807) is 0 Å². The average Bonchev–Trinajstić information content (AvgIpc) is 2.84. The fourth-order valence-electron chi connectivity index (χ4n) is 4.04. The van der Waals surface area contributed by atoms with E-state index >= 15 is 0 Å². The molecule has 0 saturated carbocycles. The molecular weight excluding hydrogens is 464 g/mol. The van der Waals surface area contributed by atoms with Crippen LogP contribution in [-0.4, -0.2) is 37.6 Å². The molecule has 178 valence electrons. The lowest BCUT2D eigenvalue weighted by Crippen LogP contribution is -2.48. The Balaban J connectivity index is 1.29. The number of fused-ring (bicyclic) bond motifs is 1. The number of carbonyl (C=O) groups is 2. The van der Waals surface area contributed by atoms with Crippen LogP contribution < -0.4 is 10.9 Å². The first kappa shape index (κ1) is 23.8. The highest BCUT2D eigenvalue weighted by molar-refractivity contribution is 7.89. The summed E-state index contributed by atoms with van der Waals surface area (Å²) in [5.74, 6) is -3.64. The topological polar surface area (TPSA) is 95.6 Å². The van der Waals surface area contributed by atoms with Crippen molar-refractivity contribution in [3.8, 4) is 0 Å². The van der Waals surface area contributed by atoms with Gasteiger partial charge in [-0.2, -0.15) is 4.31 Å². The maximum atomic E-state index is 13.5. The van der Waals surface area contributed by atoms with Crippen molar-refractivity contribution >= 4 is 32.6 Å². The van der Waals surface area contributed by atoms with E-state index in [2.05, 4.69) is 10.9 Å². The van der Waals surface area contributed by atoms with E-state index in [4.69, 9.17) is 0 Å². The number of nitrogens with one attached hydrogen (secondary N) is 2. The summed E-state index contributed by atoms with van der Waals surface area (Å²) in [6, 6.07) is 15.8. The number of sulfonamides is 1. The smallest absolute Gasteiger partial charge is 0.243 e. The van der Waals surface area contributed by atoms with Crippen molar-refractivity contribution in [2.24, 2.45) is 5.92 Å². The molecule has 3 aromatic carbocycles. The second-order valence-electron chi connectivity index (χ2n) is 8.11. The standard InChI is InChI=1S/C24H23F2N3O4S/c25-21-9-8-19(15-22(21)26)34(32,33)29-12-10-17(11-13-29)24(31)28-27-23(30)14-18-6-3-5-16-4-1-2-7-20(16)18/h1-9,15,17H,10-14H2,(H,27,30)(H,28,31). The molecule has 0 radical (unpaired) electrons. The molecule has 3 aromatic rings. The molecule has 0 unspecified atom stereocenters. The number of amides is 2. The Morgan fingerprint density at radius 3 is 2.35 bits per heavy atom. The number of nitrogens with zero attached hydrogens (tertiary/aromatic N) is 1. The minimum absolute atomic E-state index is 0.0450. The summed E-state index contributed by atoms with van der Waals surface area (Å²) < 4.78 is 53.1. The lowest BCUT2D eigenvalue weighted by Gasteiger charge is -2.30. The molecular formula is C24H23F2N3O4S. The highest BCUT2D eigenvalue weighted by atomic mass is 32.2. The summed E-state index contributed by atoms with van der Waals surface area (Å²) in [5, 5.41) is 1.98. The zero-order chi connectivity index (χ0) is 24.3. The predicted molar refractivity (Wildman–Crippen MR) is 122 cm³/mol. The summed E-state index contributed by atoms with van der Waals surface area (Å²) in [6.07, 6.45) is 0.550. The summed E-state index contributed by atoms with van der Waals surface area (Å²) >= 11 is 0. The molecule has 1 heterocycles. The number of hydrazine groups is 1. The second-order valence-corrected chi connectivity index (χ2v) is 10.0. The van der Waals surface area contributed by atoms with Crippen molar-refractivity contribution < 1.29 is 26.8 Å². The SMILES string of the molecule is O=C(Cc1cccc2ccccc12)NNC(=O)C1CCN(S(=O)(=O)c2ccc(F)c(F)c2)CC1. The van der Waals surface area contributed by atoms with Crippen molar-refractivity contribution in [3.63, 3.8) is 0 Å². The van der Waals surface area contributed by atoms with Gasteiger partial charge < -0.3 is 0 Å². The number of carbonyl (C=O) groups excluding carboxylic acids is 2. The van der Waals surface area contributed by atoms with Gasteiger partial charge in [0.2, 0.25) is 21.8 Å². The Morgan fingerprint density at radius 1 is 0.912 bits per heavy atom. The largest absolute Gasteiger partial charge is 0.273 e. The number of hydrogen-bond donors (Lipinski definition) is 2. The zero-order valence-corrected chi connectivity index (χ0v) is 18.9. The predicted octanol–water partition coefficient (Wildman–Crippen LogP) is 2.91. The van der Waals surface area contributed by atoms with Gasteiger partial charge in [0.25, 0.3) is 0 Å². The molecule has 1 saturated heterocycles. The normalized spacial score (nSPS) is 15.2. The van der Waals surface area contributed by atoms with Crippen molar-refractivity contribution in [1.82, 2.24) is 15.2 Å². The molecule has 34 heavy (non-hydrogen) atoms. The summed E-state index contributed by atoms with van der Waals surface area (Å²) in [7, 11) is -4.00. The van der Waals surface area contributed by atoms with Crippen LogP contribution in [0, 0.1) is 17.6 Å². The van der Waals surface area contributed by atoms with Gasteiger partial charge in [-0.25, -0.2) is 17.2 Å². The fourth-order valence-corrected chi connectivity index (χ4v) is 5.52. The Morgan fingerprint density at radius 2 is 1.62 bits per heavy atom. The highest BCUT2D eigenvalue weighted by Crippen LogP contribution is 2.25. The molecule has 0 aliphatic carbocycles. The van der Waals surface area contributed by atoms with E-state index in [1.807, 2.05) is 42.5 Å². The Labute approximate surface area is 195 Å². The molecule has 1 fully saturated rings. The molecule has 0 atom stereocenters. The number of benzene rings is 3. The third kappa shape index (κ3) is 5.07. The Hall–Kier alpha value is -3.37. The highest BCUT2D eigenvalue weighted by Gasteiger charge is 2.32. The number of hydrogen-bond acceptors (Lipinski definition) is 4. The zero-order valence-electron chi connectivity index (χ0n) is 18.1. The third-order valence-electron chi connectivity index (χ3n) is 5.91. The first-order valence-corrected chi connectivity index (χ1v) is 12.2. The number of piperidine rings is 1. The van der Waals surface area contributed by atoms with Gasteiger partial charge in [-0.3, -0.25) is 20.4 Å². The van der Waals surface area contributed by atoms with Gasteiger partial charge in [0.1, 0.15) is 0 Å². The second kappa shape index (κ2) is 9.86. The molecule has 4 rings (SSSR count). The van der Waals surface area contributed by atoms with E-state index in [0.717, 1.165) is 32.8 Å².